The number of halogens is 3. The van der Waals surface area contributed by atoms with Gasteiger partial charge in [-0.2, -0.15) is 13.2 Å². The SMILES string of the molecule is O=C(CNCC(F)(F)F)N(Cc1cccs1)C1CC1. The second-order valence-electron chi connectivity index (χ2n) is 4.55. The van der Waals surface area contributed by atoms with Crippen LogP contribution in [-0.2, 0) is 11.3 Å². The first-order chi connectivity index (χ1) is 8.96. The summed E-state index contributed by atoms with van der Waals surface area (Å²) in [5, 5.41) is 4.08. The molecule has 0 aromatic carbocycles. The van der Waals surface area contributed by atoms with E-state index in [0.717, 1.165) is 17.7 Å². The third kappa shape index (κ3) is 4.83. The lowest BCUT2D eigenvalue weighted by Crippen LogP contribution is -2.41. The second kappa shape index (κ2) is 5.92. The summed E-state index contributed by atoms with van der Waals surface area (Å²) in [6.07, 6.45) is -2.40. The quantitative estimate of drug-likeness (QED) is 0.873. The molecule has 1 saturated carbocycles. The molecule has 0 saturated heterocycles. The molecule has 1 heterocycles. The molecular weight excluding hydrogens is 277 g/mol. The van der Waals surface area contributed by atoms with Crippen LogP contribution in [0.15, 0.2) is 17.5 Å². The molecule has 19 heavy (non-hydrogen) atoms. The van der Waals surface area contributed by atoms with Crippen LogP contribution in [0.4, 0.5) is 13.2 Å². The monoisotopic (exact) mass is 292 g/mol. The smallest absolute Gasteiger partial charge is 0.333 e. The molecule has 1 N–H and O–H groups in total. The average Bonchev–Trinajstić information content (AvgIpc) is 3.01. The maximum Gasteiger partial charge on any atom is 0.401 e. The fourth-order valence-electron chi connectivity index (χ4n) is 1.79. The molecule has 1 aliphatic rings. The first-order valence-electron chi connectivity index (χ1n) is 6.05. The Kier molecular flexibility index (Phi) is 4.46. The molecule has 1 aromatic heterocycles. The van der Waals surface area contributed by atoms with Crippen LogP contribution in [0.1, 0.15) is 17.7 Å². The molecule has 1 amide bonds. The van der Waals surface area contributed by atoms with Gasteiger partial charge in [-0.25, -0.2) is 0 Å². The first kappa shape index (κ1) is 14.3. The van der Waals surface area contributed by atoms with Crippen molar-refractivity contribution in [1.29, 1.82) is 0 Å². The molecule has 1 aliphatic carbocycles. The van der Waals surface area contributed by atoms with E-state index in [-0.39, 0.29) is 18.5 Å². The van der Waals surface area contributed by atoms with Gasteiger partial charge >= 0.3 is 6.18 Å². The van der Waals surface area contributed by atoms with E-state index in [0.29, 0.717) is 6.54 Å². The minimum atomic E-state index is -4.28. The lowest BCUT2D eigenvalue weighted by Gasteiger charge is -2.22. The zero-order valence-electron chi connectivity index (χ0n) is 10.2. The van der Waals surface area contributed by atoms with Gasteiger partial charge < -0.3 is 10.2 Å². The number of amides is 1. The van der Waals surface area contributed by atoms with Crippen LogP contribution in [0.3, 0.4) is 0 Å². The summed E-state index contributed by atoms with van der Waals surface area (Å²) < 4.78 is 36.0. The number of hydrogen-bond donors (Lipinski definition) is 1. The van der Waals surface area contributed by atoms with E-state index in [4.69, 9.17) is 0 Å². The standard InChI is InChI=1S/C12H15F3N2OS/c13-12(14,15)8-16-6-11(18)17(9-3-4-9)7-10-2-1-5-19-10/h1-2,5,9,16H,3-4,6-8H2. The molecule has 7 heteroatoms. The van der Waals surface area contributed by atoms with Crippen LogP contribution in [0.25, 0.3) is 0 Å². The Morgan fingerprint density at radius 1 is 1.47 bits per heavy atom. The molecule has 0 spiro atoms. The number of thiophene rings is 1. The summed E-state index contributed by atoms with van der Waals surface area (Å²) in [7, 11) is 0. The number of rotatable bonds is 6. The predicted octanol–water partition coefficient (Wildman–Crippen LogP) is 2.39. The fourth-order valence-corrected chi connectivity index (χ4v) is 2.49. The van der Waals surface area contributed by atoms with E-state index >= 15 is 0 Å². The molecule has 0 unspecified atom stereocenters. The van der Waals surface area contributed by atoms with Crippen LogP contribution in [0.2, 0.25) is 0 Å². The van der Waals surface area contributed by atoms with E-state index in [9.17, 15) is 18.0 Å². The molecule has 0 atom stereocenters. The third-order valence-electron chi connectivity index (χ3n) is 2.82. The van der Waals surface area contributed by atoms with Gasteiger partial charge in [0.1, 0.15) is 0 Å². The highest BCUT2D eigenvalue weighted by Gasteiger charge is 2.33. The predicted molar refractivity (Wildman–Crippen MR) is 66.8 cm³/mol. The molecule has 0 radical (unpaired) electrons. The van der Waals surface area contributed by atoms with E-state index in [1.807, 2.05) is 17.5 Å². The van der Waals surface area contributed by atoms with Crippen molar-refractivity contribution in [3.05, 3.63) is 22.4 Å². The van der Waals surface area contributed by atoms with Crippen molar-refractivity contribution >= 4 is 17.2 Å². The van der Waals surface area contributed by atoms with Crippen molar-refractivity contribution in [2.45, 2.75) is 31.6 Å². The molecule has 0 aliphatic heterocycles. The van der Waals surface area contributed by atoms with Crippen LogP contribution >= 0.6 is 11.3 Å². The van der Waals surface area contributed by atoms with Gasteiger partial charge in [0, 0.05) is 10.9 Å². The Morgan fingerprint density at radius 2 is 2.21 bits per heavy atom. The Bertz CT molecular complexity index is 415. The number of hydrogen-bond acceptors (Lipinski definition) is 3. The maximum atomic E-state index is 12.0. The highest BCUT2D eigenvalue weighted by molar-refractivity contribution is 7.09. The lowest BCUT2D eigenvalue weighted by atomic mass is 10.3. The molecule has 1 aromatic rings. The highest BCUT2D eigenvalue weighted by atomic mass is 32.1. The fraction of sp³-hybridized carbons (Fsp3) is 0.583. The summed E-state index contributed by atoms with van der Waals surface area (Å²) in [6.45, 7) is -0.896. The van der Waals surface area contributed by atoms with Crippen LogP contribution in [0, 0.1) is 0 Å². The van der Waals surface area contributed by atoms with Gasteiger partial charge in [0.15, 0.2) is 0 Å². The van der Waals surface area contributed by atoms with Gasteiger partial charge in [0.2, 0.25) is 5.91 Å². The van der Waals surface area contributed by atoms with E-state index < -0.39 is 12.7 Å². The molecule has 106 valence electrons. The summed E-state index contributed by atoms with van der Waals surface area (Å²) >= 11 is 1.55. The van der Waals surface area contributed by atoms with Crippen molar-refractivity contribution in [3.8, 4) is 0 Å². The van der Waals surface area contributed by atoms with Crippen molar-refractivity contribution in [2.24, 2.45) is 0 Å². The van der Waals surface area contributed by atoms with Gasteiger partial charge in [-0.3, -0.25) is 4.79 Å². The topological polar surface area (TPSA) is 32.3 Å². The highest BCUT2D eigenvalue weighted by Crippen LogP contribution is 2.29. The summed E-state index contributed by atoms with van der Waals surface area (Å²) in [6, 6.07) is 4.02. The van der Waals surface area contributed by atoms with Gasteiger partial charge in [-0.1, -0.05) is 6.07 Å². The Balaban J connectivity index is 1.83. The zero-order chi connectivity index (χ0) is 13.9. The van der Waals surface area contributed by atoms with Crippen LogP contribution in [0.5, 0.6) is 0 Å². The number of carbonyl (C=O) groups excluding carboxylic acids is 1. The number of carbonyl (C=O) groups is 1. The van der Waals surface area contributed by atoms with Crippen LogP contribution in [-0.4, -0.2) is 36.1 Å². The van der Waals surface area contributed by atoms with E-state index in [1.54, 1.807) is 16.2 Å². The Hall–Kier alpha value is -1.08. The van der Waals surface area contributed by atoms with Crippen molar-refractivity contribution in [3.63, 3.8) is 0 Å². The summed E-state index contributed by atoms with van der Waals surface area (Å²) in [5.41, 5.74) is 0. The molecule has 0 bridgehead atoms. The van der Waals surface area contributed by atoms with Crippen LogP contribution < -0.4 is 5.32 Å². The van der Waals surface area contributed by atoms with Crippen molar-refractivity contribution in [1.82, 2.24) is 10.2 Å². The number of nitrogens with one attached hydrogen (secondary N) is 1. The molecular formula is C12H15F3N2OS. The molecule has 2 rings (SSSR count). The Labute approximate surface area is 113 Å². The van der Waals surface area contributed by atoms with Crippen molar-refractivity contribution in [2.75, 3.05) is 13.1 Å². The van der Waals surface area contributed by atoms with E-state index in [1.165, 1.54) is 0 Å². The summed E-state index contributed by atoms with van der Waals surface area (Å²) in [5.74, 6) is -0.264. The lowest BCUT2D eigenvalue weighted by molar-refractivity contribution is -0.135. The summed E-state index contributed by atoms with van der Waals surface area (Å²) in [4.78, 5) is 14.7. The third-order valence-corrected chi connectivity index (χ3v) is 3.68. The van der Waals surface area contributed by atoms with E-state index in [2.05, 4.69) is 5.32 Å². The largest absolute Gasteiger partial charge is 0.401 e. The van der Waals surface area contributed by atoms with Gasteiger partial charge in [0.25, 0.3) is 0 Å². The average molecular weight is 292 g/mol. The maximum absolute atomic E-state index is 12.0. The minimum Gasteiger partial charge on any atom is -0.333 e. The molecule has 3 nitrogen and oxygen atoms in total. The second-order valence-corrected chi connectivity index (χ2v) is 5.58. The minimum absolute atomic E-state index is 0.197. The first-order valence-corrected chi connectivity index (χ1v) is 6.93. The Morgan fingerprint density at radius 3 is 2.74 bits per heavy atom. The number of nitrogens with zero attached hydrogens (tertiary/aromatic N) is 1. The van der Waals surface area contributed by atoms with Gasteiger partial charge in [-0.15, -0.1) is 11.3 Å². The van der Waals surface area contributed by atoms with Gasteiger partial charge in [-0.05, 0) is 24.3 Å². The molecule has 1 fully saturated rings. The van der Waals surface area contributed by atoms with Gasteiger partial charge in [0.05, 0.1) is 19.6 Å². The van der Waals surface area contributed by atoms with Crippen molar-refractivity contribution < 1.29 is 18.0 Å². The number of alkyl halides is 3. The zero-order valence-corrected chi connectivity index (χ0v) is 11.1. The normalized spacial score (nSPS) is 15.5.